The molecule has 2 N–H and O–H groups in total. The number of amides is 2. The van der Waals surface area contributed by atoms with Crippen molar-refractivity contribution in [3.8, 4) is 0 Å². The van der Waals surface area contributed by atoms with Crippen LogP contribution >= 0.6 is 0 Å². The molecule has 0 saturated heterocycles. The predicted octanol–water partition coefficient (Wildman–Crippen LogP) is 2.20. The van der Waals surface area contributed by atoms with Crippen LogP contribution in [0.15, 0.2) is 11.6 Å². The molecule has 210 valence electrons. The highest BCUT2D eigenvalue weighted by Gasteiger charge is 2.02. The van der Waals surface area contributed by atoms with Crippen LogP contribution in [0.5, 0.6) is 0 Å². The van der Waals surface area contributed by atoms with E-state index in [-0.39, 0.29) is 17.6 Å². The second-order valence-electron chi connectivity index (χ2n) is 8.20. The molecule has 0 aromatic heterocycles. The summed E-state index contributed by atoms with van der Waals surface area (Å²) in [5.74, 6) is 0.0526. The van der Waals surface area contributed by atoms with E-state index < -0.39 is 0 Å². The minimum Gasteiger partial charge on any atom is -0.379 e. The van der Waals surface area contributed by atoms with Gasteiger partial charge in [0.05, 0.1) is 66.1 Å². The molecule has 2 amide bonds. The lowest BCUT2D eigenvalue weighted by molar-refractivity contribution is -0.123. The van der Waals surface area contributed by atoms with Gasteiger partial charge in [0.15, 0.2) is 5.78 Å². The molecule has 0 heterocycles. The molecule has 10 heteroatoms. The molecule has 0 aliphatic heterocycles. The maximum Gasteiger partial charge on any atom is 0.222 e. The lowest BCUT2D eigenvalue weighted by Crippen LogP contribution is -2.25. The summed E-state index contributed by atoms with van der Waals surface area (Å²) in [6.07, 6.45) is 6.21. The van der Waals surface area contributed by atoms with Crippen LogP contribution in [0.25, 0.3) is 0 Å². The number of hydrogen-bond acceptors (Lipinski definition) is 8. The Hall–Kier alpha value is -1.85. The summed E-state index contributed by atoms with van der Waals surface area (Å²) >= 11 is 0. The largest absolute Gasteiger partial charge is 0.379 e. The van der Waals surface area contributed by atoms with Gasteiger partial charge in [-0.3, -0.25) is 14.4 Å². The molecular formula is C26H48N2O8. The molecule has 10 nitrogen and oxygen atoms in total. The first-order valence-electron chi connectivity index (χ1n) is 13.1. The van der Waals surface area contributed by atoms with Crippen molar-refractivity contribution in [3.05, 3.63) is 11.6 Å². The van der Waals surface area contributed by atoms with Crippen molar-refractivity contribution >= 4 is 17.6 Å². The summed E-state index contributed by atoms with van der Waals surface area (Å²) < 4.78 is 27.0. The average molecular weight is 517 g/mol. The van der Waals surface area contributed by atoms with Crippen LogP contribution in [0, 0.1) is 0 Å². The summed E-state index contributed by atoms with van der Waals surface area (Å²) in [5, 5.41) is 5.68. The number of allylic oxidation sites excluding steroid dienone is 2. The van der Waals surface area contributed by atoms with Gasteiger partial charge < -0.3 is 34.3 Å². The highest BCUT2D eigenvalue weighted by atomic mass is 16.6. The summed E-state index contributed by atoms with van der Waals surface area (Å²) in [6, 6.07) is 0. The average Bonchev–Trinajstić information content (AvgIpc) is 2.85. The van der Waals surface area contributed by atoms with Crippen molar-refractivity contribution in [1.82, 2.24) is 10.6 Å². The molecule has 0 saturated carbocycles. The van der Waals surface area contributed by atoms with Gasteiger partial charge in [0.25, 0.3) is 0 Å². The highest BCUT2D eigenvalue weighted by molar-refractivity contribution is 5.92. The number of Topliss-reactive ketones (excluding diaryl/α,β-unsaturated/α-hetero) is 1. The molecule has 36 heavy (non-hydrogen) atoms. The second kappa shape index (κ2) is 26.2. The maximum absolute atomic E-state index is 11.7. The normalized spacial score (nSPS) is 11.5. The zero-order chi connectivity index (χ0) is 26.7. The van der Waals surface area contributed by atoms with Gasteiger partial charge in [-0.15, -0.1) is 0 Å². The molecule has 0 aliphatic rings. The molecule has 0 fully saturated rings. The van der Waals surface area contributed by atoms with Crippen molar-refractivity contribution in [2.75, 3.05) is 79.2 Å². The van der Waals surface area contributed by atoms with Crippen LogP contribution in [0.2, 0.25) is 0 Å². The smallest absolute Gasteiger partial charge is 0.222 e. The Balaban J connectivity index is 3.25. The third-order valence-electron chi connectivity index (χ3n) is 5.00. The molecule has 0 atom stereocenters. The van der Waals surface area contributed by atoms with Gasteiger partial charge in [-0.25, -0.2) is 0 Å². The van der Waals surface area contributed by atoms with E-state index in [0.29, 0.717) is 85.5 Å². The monoisotopic (exact) mass is 516 g/mol. The number of rotatable bonds is 26. The third-order valence-corrected chi connectivity index (χ3v) is 5.00. The van der Waals surface area contributed by atoms with Crippen LogP contribution < -0.4 is 10.6 Å². The quantitative estimate of drug-likeness (QED) is 0.133. The molecule has 0 spiro atoms. The number of carbonyl (C=O) groups is 3. The van der Waals surface area contributed by atoms with Crippen molar-refractivity contribution in [3.63, 3.8) is 0 Å². The SMILES string of the molecule is CCCCNC(=O)CCOCCOCCOCCOCCOCCC(=O)NCCC/C=C(\C)C(C)=O. The van der Waals surface area contributed by atoms with E-state index in [1.807, 2.05) is 6.08 Å². The summed E-state index contributed by atoms with van der Waals surface area (Å²) in [6.45, 7) is 11.1. The lowest BCUT2D eigenvalue weighted by Gasteiger charge is -2.08. The first kappa shape index (κ1) is 34.1. The molecule has 0 bridgehead atoms. The fraction of sp³-hybridized carbons (Fsp3) is 0.808. The Labute approximate surface area is 216 Å². The Bertz CT molecular complexity index is 598. The molecule has 0 radical (unpaired) electrons. The van der Waals surface area contributed by atoms with Crippen LogP contribution in [0.3, 0.4) is 0 Å². The Morgan fingerprint density at radius 3 is 1.39 bits per heavy atom. The number of ether oxygens (including phenoxy) is 5. The number of hydrogen-bond donors (Lipinski definition) is 2. The zero-order valence-corrected chi connectivity index (χ0v) is 22.6. The molecule has 0 unspecified atom stereocenters. The van der Waals surface area contributed by atoms with E-state index >= 15 is 0 Å². The van der Waals surface area contributed by atoms with Crippen LogP contribution in [-0.2, 0) is 38.1 Å². The van der Waals surface area contributed by atoms with Gasteiger partial charge >= 0.3 is 0 Å². The summed E-state index contributed by atoms with van der Waals surface area (Å²) in [4.78, 5) is 34.3. The van der Waals surface area contributed by atoms with Crippen LogP contribution in [0.4, 0.5) is 0 Å². The van der Waals surface area contributed by atoms with E-state index in [2.05, 4.69) is 17.6 Å². The minimum absolute atomic E-state index is 0.0211. The van der Waals surface area contributed by atoms with E-state index in [4.69, 9.17) is 23.7 Å². The molecule has 0 aromatic rings. The fourth-order valence-corrected chi connectivity index (χ4v) is 2.68. The van der Waals surface area contributed by atoms with Gasteiger partial charge in [-0.1, -0.05) is 19.4 Å². The summed E-state index contributed by atoms with van der Waals surface area (Å²) in [5.41, 5.74) is 0.757. The Morgan fingerprint density at radius 2 is 1.00 bits per heavy atom. The number of nitrogens with one attached hydrogen (secondary N) is 2. The first-order chi connectivity index (χ1) is 17.5. The van der Waals surface area contributed by atoms with Gasteiger partial charge in [-0.05, 0) is 38.7 Å². The number of ketones is 1. The van der Waals surface area contributed by atoms with Gasteiger partial charge in [0, 0.05) is 25.9 Å². The number of carbonyl (C=O) groups excluding carboxylic acids is 3. The van der Waals surface area contributed by atoms with Crippen molar-refractivity contribution in [2.45, 2.75) is 59.3 Å². The summed E-state index contributed by atoms with van der Waals surface area (Å²) in [7, 11) is 0. The van der Waals surface area contributed by atoms with Gasteiger partial charge in [0.1, 0.15) is 0 Å². The zero-order valence-electron chi connectivity index (χ0n) is 22.6. The van der Waals surface area contributed by atoms with Gasteiger partial charge in [0.2, 0.25) is 11.8 Å². The van der Waals surface area contributed by atoms with E-state index in [9.17, 15) is 14.4 Å². The van der Waals surface area contributed by atoms with E-state index in [0.717, 1.165) is 37.8 Å². The van der Waals surface area contributed by atoms with E-state index in [1.165, 1.54) is 0 Å². The van der Waals surface area contributed by atoms with Crippen molar-refractivity contribution in [2.24, 2.45) is 0 Å². The number of unbranched alkanes of at least 4 members (excludes halogenated alkanes) is 2. The molecular weight excluding hydrogens is 468 g/mol. The molecule has 0 aromatic carbocycles. The molecule has 0 aliphatic carbocycles. The topological polar surface area (TPSA) is 121 Å². The third kappa shape index (κ3) is 25.2. The maximum atomic E-state index is 11.7. The van der Waals surface area contributed by atoms with Gasteiger partial charge in [-0.2, -0.15) is 0 Å². The Morgan fingerprint density at radius 1 is 0.611 bits per heavy atom. The highest BCUT2D eigenvalue weighted by Crippen LogP contribution is 1.99. The van der Waals surface area contributed by atoms with Crippen molar-refractivity contribution in [1.29, 1.82) is 0 Å². The molecule has 0 rings (SSSR count). The van der Waals surface area contributed by atoms with E-state index in [1.54, 1.807) is 13.8 Å². The predicted molar refractivity (Wildman–Crippen MR) is 138 cm³/mol. The lowest BCUT2D eigenvalue weighted by atomic mass is 10.1. The second-order valence-corrected chi connectivity index (χ2v) is 8.20. The minimum atomic E-state index is -0.0458. The first-order valence-corrected chi connectivity index (χ1v) is 13.1. The van der Waals surface area contributed by atoms with Crippen LogP contribution in [0.1, 0.15) is 59.3 Å². The van der Waals surface area contributed by atoms with Crippen molar-refractivity contribution < 1.29 is 38.1 Å². The van der Waals surface area contributed by atoms with Crippen LogP contribution in [-0.4, -0.2) is 96.8 Å². The standard InChI is InChI=1S/C26H48N2O8/c1-4-5-11-27-25(30)9-13-32-15-17-34-19-21-36-22-20-35-18-16-33-14-10-26(31)28-12-7-6-8-23(2)24(3)29/h8H,4-7,9-22H2,1-3H3,(H,27,30)(H,28,31)/b23-8+. The Kier molecular flexibility index (Phi) is 24.9. The fourth-order valence-electron chi connectivity index (χ4n) is 2.68.